The summed E-state index contributed by atoms with van der Waals surface area (Å²) >= 11 is 6.26. The summed E-state index contributed by atoms with van der Waals surface area (Å²) in [4.78, 5) is 16.7. The molecule has 0 radical (unpaired) electrons. The maximum Gasteiger partial charge on any atom is 0.222 e. The SMILES string of the molecule is O=C(CCC1CCNCC1)N1CCN(c2ccccc2Cl)CC1. The molecule has 1 N–H and O–H groups in total. The van der Waals surface area contributed by atoms with Crippen molar-refractivity contribution in [2.24, 2.45) is 5.92 Å². The van der Waals surface area contributed by atoms with Crippen LogP contribution in [0.5, 0.6) is 0 Å². The number of nitrogens with zero attached hydrogens (tertiary/aromatic N) is 2. The Labute approximate surface area is 143 Å². The smallest absolute Gasteiger partial charge is 0.222 e. The average Bonchev–Trinajstić information content (AvgIpc) is 2.61. The van der Waals surface area contributed by atoms with Gasteiger partial charge in [0.05, 0.1) is 10.7 Å². The first-order valence-electron chi connectivity index (χ1n) is 8.72. The summed E-state index contributed by atoms with van der Waals surface area (Å²) < 4.78 is 0. The van der Waals surface area contributed by atoms with Gasteiger partial charge in [-0.1, -0.05) is 23.7 Å². The lowest BCUT2D eigenvalue weighted by molar-refractivity contribution is -0.131. The van der Waals surface area contributed by atoms with Gasteiger partial charge in [-0.2, -0.15) is 0 Å². The van der Waals surface area contributed by atoms with Crippen molar-refractivity contribution in [1.82, 2.24) is 10.2 Å². The number of hydrogen-bond acceptors (Lipinski definition) is 3. The van der Waals surface area contributed by atoms with Crippen molar-refractivity contribution in [2.45, 2.75) is 25.7 Å². The predicted octanol–water partition coefficient (Wildman–Crippen LogP) is 2.77. The number of piperidine rings is 1. The van der Waals surface area contributed by atoms with E-state index in [9.17, 15) is 4.79 Å². The van der Waals surface area contributed by atoms with Crippen molar-refractivity contribution in [3.63, 3.8) is 0 Å². The Morgan fingerprint density at radius 3 is 2.52 bits per heavy atom. The zero-order valence-corrected chi connectivity index (χ0v) is 14.4. The second-order valence-electron chi connectivity index (χ2n) is 6.55. The molecule has 1 aromatic rings. The van der Waals surface area contributed by atoms with Crippen LogP contribution >= 0.6 is 11.6 Å². The van der Waals surface area contributed by atoms with Crippen molar-refractivity contribution in [2.75, 3.05) is 44.2 Å². The van der Waals surface area contributed by atoms with Gasteiger partial charge in [-0.05, 0) is 50.4 Å². The van der Waals surface area contributed by atoms with E-state index in [4.69, 9.17) is 11.6 Å². The largest absolute Gasteiger partial charge is 0.367 e. The molecule has 2 saturated heterocycles. The first-order chi connectivity index (χ1) is 11.2. The number of amides is 1. The number of nitrogens with one attached hydrogen (secondary N) is 1. The Hall–Kier alpha value is -1.26. The molecule has 0 bridgehead atoms. The van der Waals surface area contributed by atoms with Gasteiger partial charge in [0.15, 0.2) is 0 Å². The van der Waals surface area contributed by atoms with Gasteiger partial charge in [-0.3, -0.25) is 4.79 Å². The molecule has 2 aliphatic rings. The normalized spacial score (nSPS) is 19.9. The summed E-state index contributed by atoms with van der Waals surface area (Å²) in [6.45, 7) is 5.54. The molecular weight excluding hydrogens is 310 g/mol. The van der Waals surface area contributed by atoms with Gasteiger partial charge in [-0.15, -0.1) is 0 Å². The molecule has 1 aromatic carbocycles. The van der Waals surface area contributed by atoms with Gasteiger partial charge >= 0.3 is 0 Å². The van der Waals surface area contributed by atoms with E-state index in [1.165, 1.54) is 12.8 Å². The number of para-hydroxylation sites is 1. The van der Waals surface area contributed by atoms with Crippen LogP contribution in [0.4, 0.5) is 5.69 Å². The summed E-state index contributed by atoms with van der Waals surface area (Å²) in [6.07, 6.45) is 4.18. The van der Waals surface area contributed by atoms with Crippen molar-refractivity contribution in [3.05, 3.63) is 29.3 Å². The standard InChI is InChI=1S/C18H26ClN3O/c19-16-3-1-2-4-17(16)21-11-13-22(14-12-21)18(23)6-5-15-7-9-20-10-8-15/h1-4,15,20H,5-14H2. The van der Waals surface area contributed by atoms with Crippen LogP contribution in [0, 0.1) is 5.92 Å². The van der Waals surface area contributed by atoms with E-state index in [-0.39, 0.29) is 0 Å². The van der Waals surface area contributed by atoms with Crippen LogP contribution in [-0.2, 0) is 4.79 Å². The maximum absolute atomic E-state index is 12.4. The highest BCUT2D eigenvalue weighted by Crippen LogP contribution is 2.26. The molecule has 0 spiro atoms. The molecule has 2 fully saturated rings. The average molecular weight is 336 g/mol. The summed E-state index contributed by atoms with van der Waals surface area (Å²) in [5.74, 6) is 1.05. The highest BCUT2D eigenvalue weighted by Gasteiger charge is 2.23. The number of carbonyl (C=O) groups is 1. The van der Waals surface area contributed by atoms with Crippen LogP contribution in [-0.4, -0.2) is 50.1 Å². The molecule has 126 valence electrons. The van der Waals surface area contributed by atoms with E-state index >= 15 is 0 Å². The zero-order valence-electron chi connectivity index (χ0n) is 13.6. The Kier molecular flexibility index (Phi) is 5.79. The number of anilines is 1. The topological polar surface area (TPSA) is 35.6 Å². The molecule has 2 aliphatic heterocycles. The van der Waals surface area contributed by atoms with E-state index in [0.717, 1.165) is 62.3 Å². The second kappa shape index (κ2) is 8.02. The molecule has 0 unspecified atom stereocenters. The fraction of sp³-hybridized carbons (Fsp3) is 0.611. The van der Waals surface area contributed by atoms with Gasteiger partial charge < -0.3 is 15.1 Å². The Morgan fingerprint density at radius 2 is 1.83 bits per heavy atom. The van der Waals surface area contributed by atoms with Crippen molar-refractivity contribution < 1.29 is 4.79 Å². The number of carbonyl (C=O) groups excluding carboxylic acids is 1. The monoisotopic (exact) mass is 335 g/mol. The number of rotatable bonds is 4. The minimum absolute atomic E-state index is 0.322. The quantitative estimate of drug-likeness (QED) is 0.919. The van der Waals surface area contributed by atoms with Crippen LogP contribution < -0.4 is 10.2 Å². The summed E-state index contributed by atoms with van der Waals surface area (Å²) in [6, 6.07) is 7.94. The highest BCUT2D eigenvalue weighted by molar-refractivity contribution is 6.33. The minimum Gasteiger partial charge on any atom is -0.367 e. The lowest BCUT2D eigenvalue weighted by atomic mass is 9.93. The molecule has 0 aliphatic carbocycles. The molecular formula is C18H26ClN3O. The Morgan fingerprint density at radius 1 is 1.13 bits per heavy atom. The first-order valence-corrected chi connectivity index (χ1v) is 9.10. The van der Waals surface area contributed by atoms with E-state index in [1.54, 1.807) is 0 Å². The third-order valence-corrected chi connectivity index (χ3v) is 5.37. The van der Waals surface area contributed by atoms with Gasteiger partial charge in [0.25, 0.3) is 0 Å². The van der Waals surface area contributed by atoms with Crippen molar-refractivity contribution in [3.8, 4) is 0 Å². The maximum atomic E-state index is 12.4. The molecule has 5 heteroatoms. The van der Waals surface area contributed by atoms with Gasteiger partial charge in [0.2, 0.25) is 5.91 Å². The Balaban J connectivity index is 1.45. The lowest BCUT2D eigenvalue weighted by Crippen LogP contribution is -2.49. The molecule has 3 rings (SSSR count). The van der Waals surface area contributed by atoms with Crippen LogP contribution in [0.25, 0.3) is 0 Å². The van der Waals surface area contributed by atoms with Crippen LogP contribution in [0.2, 0.25) is 5.02 Å². The summed E-state index contributed by atoms with van der Waals surface area (Å²) in [7, 11) is 0. The lowest BCUT2D eigenvalue weighted by Gasteiger charge is -2.36. The highest BCUT2D eigenvalue weighted by atomic mass is 35.5. The second-order valence-corrected chi connectivity index (χ2v) is 6.96. The molecule has 0 atom stereocenters. The number of piperazine rings is 1. The van der Waals surface area contributed by atoms with Crippen LogP contribution in [0.15, 0.2) is 24.3 Å². The number of halogens is 1. The van der Waals surface area contributed by atoms with Crippen LogP contribution in [0.1, 0.15) is 25.7 Å². The molecule has 0 saturated carbocycles. The predicted molar refractivity (Wildman–Crippen MR) is 95.1 cm³/mol. The van der Waals surface area contributed by atoms with E-state index in [2.05, 4.69) is 16.3 Å². The fourth-order valence-electron chi connectivity index (χ4n) is 3.56. The molecule has 2 heterocycles. The van der Waals surface area contributed by atoms with Crippen molar-refractivity contribution in [1.29, 1.82) is 0 Å². The summed E-state index contributed by atoms with van der Waals surface area (Å²) in [5, 5.41) is 4.17. The number of benzene rings is 1. The van der Waals surface area contributed by atoms with Gasteiger partial charge in [0.1, 0.15) is 0 Å². The fourth-order valence-corrected chi connectivity index (χ4v) is 3.82. The third-order valence-electron chi connectivity index (χ3n) is 5.05. The molecule has 1 amide bonds. The Bertz CT molecular complexity index is 523. The van der Waals surface area contributed by atoms with Gasteiger partial charge in [0, 0.05) is 32.6 Å². The molecule has 4 nitrogen and oxygen atoms in total. The van der Waals surface area contributed by atoms with E-state index in [1.807, 2.05) is 23.1 Å². The summed E-state index contributed by atoms with van der Waals surface area (Å²) in [5.41, 5.74) is 1.08. The van der Waals surface area contributed by atoms with E-state index < -0.39 is 0 Å². The molecule has 23 heavy (non-hydrogen) atoms. The zero-order chi connectivity index (χ0) is 16.1. The van der Waals surface area contributed by atoms with E-state index in [0.29, 0.717) is 12.3 Å². The molecule has 0 aromatic heterocycles. The third kappa shape index (κ3) is 4.39. The van der Waals surface area contributed by atoms with Crippen LogP contribution in [0.3, 0.4) is 0 Å². The van der Waals surface area contributed by atoms with Crippen molar-refractivity contribution >= 4 is 23.2 Å². The number of hydrogen-bond donors (Lipinski definition) is 1. The minimum atomic E-state index is 0.322. The van der Waals surface area contributed by atoms with Gasteiger partial charge in [-0.25, -0.2) is 0 Å². The first kappa shape index (κ1) is 16.6.